The van der Waals surface area contributed by atoms with Crippen LogP contribution in [0.15, 0.2) is 48.5 Å². The first kappa shape index (κ1) is 45.0. The molecule has 2 fully saturated rings. The molecule has 6 atom stereocenters. The van der Waals surface area contributed by atoms with Gasteiger partial charge < -0.3 is 39.5 Å². The third kappa shape index (κ3) is 14.0. The Labute approximate surface area is 323 Å². The highest BCUT2D eigenvalue weighted by atomic mass is 19.4. The number of carbonyl (C=O) groups excluding carboxylic acids is 4. The molecular weight excluding hydrogens is 719 g/mol. The van der Waals surface area contributed by atoms with E-state index in [9.17, 15) is 32.3 Å². The minimum Gasteiger partial charge on any atom is -0.492 e. The Morgan fingerprint density at radius 3 is 1.55 bits per heavy atom. The van der Waals surface area contributed by atoms with Gasteiger partial charge in [-0.3, -0.25) is 14.4 Å². The van der Waals surface area contributed by atoms with E-state index in [1.807, 2.05) is 83.3 Å². The van der Waals surface area contributed by atoms with Gasteiger partial charge in [-0.1, -0.05) is 38.1 Å². The van der Waals surface area contributed by atoms with Crippen LogP contribution in [0.2, 0.25) is 0 Å². The predicted octanol–water partition coefficient (Wildman–Crippen LogP) is 5.22. The van der Waals surface area contributed by atoms with Crippen molar-refractivity contribution in [1.82, 2.24) is 19.6 Å². The summed E-state index contributed by atoms with van der Waals surface area (Å²) in [6.45, 7) is 8.24. The number of carbonyl (C=O) groups is 4. The second kappa shape index (κ2) is 20.5. The summed E-state index contributed by atoms with van der Waals surface area (Å²) in [6, 6.07) is 15.0. The average molecular weight is 778 g/mol. The molecule has 0 bridgehead atoms. The maximum atomic E-state index is 12.6. The van der Waals surface area contributed by atoms with Crippen LogP contribution in [0, 0.1) is 11.8 Å². The van der Waals surface area contributed by atoms with Gasteiger partial charge in [-0.05, 0) is 115 Å². The summed E-state index contributed by atoms with van der Waals surface area (Å²) in [5.41, 5.74) is 6.99. The molecule has 12 nitrogen and oxygen atoms in total. The summed E-state index contributed by atoms with van der Waals surface area (Å²) in [6.07, 6.45) is -1.43. The summed E-state index contributed by atoms with van der Waals surface area (Å²) >= 11 is 0. The molecule has 4 rings (SSSR count). The Hall–Kier alpha value is -4.37. The van der Waals surface area contributed by atoms with Gasteiger partial charge in [-0.25, -0.2) is 4.79 Å². The number of piperidine rings is 2. The van der Waals surface area contributed by atoms with Gasteiger partial charge in [-0.2, -0.15) is 13.2 Å². The lowest BCUT2D eigenvalue weighted by Gasteiger charge is -2.38. The molecule has 2 aliphatic rings. The zero-order chi connectivity index (χ0) is 41.0. The van der Waals surface area contributed by atoms with Crippen LogP contribution in [-0.2, 0) is 23.9 Å². The number of amides is 3. The minimum absolute atomic E-state index is 0.126. The number of likely N-dealkylation sites (tertiary alicyclic amines) is 2. The van der Waals surface area contributed by atoms with Crippen LogP contribution >= 0.6 is 0 Å². The molecule has 0 aromatic heterocycles. The molecule has 306 valence electrons. The zero-order valence-electron chi connectivity index (χ0n) is 33.3. The summed E-state index contributed by atoms with van der Waals surface area (Å²) in [5, 5.41) is 0. The van der Waals surface area contributed by atoms with Crippen molar-refractivity contribution in [3.63, 3.8) is 0 Å². The number of primary amides is 1. The molecule has 2 saturated heterocycles. The zero-order valence-corrected chi connectivity index (χ0v) is 33.3. The van der Waals surface area contributed by atoms with E-state index in [0.29, 0.717) is 43.9 Å². The van der Waals surface area contributed by atoms with Crippen molar-refractivity contribution in [3.8, 4) is 11.5 Å². The molecular formula is C40H58F3N5O7. The van der Waals surface area contributed by atoms with Crippen LogP contribution in [0.5, 0.6) is 11.5 Å². The molecule has 2 N–H and O–H groups in total. The van der Waals surface area contributed by atoms with Crippen LogP contribution in [0.1, 0.15) is 76.6 Å². The second-order valence-corrected chi connectivity index (χ2v) is 15.3. The maximum Gasteiger partial charge on any atom is 0.422 e. The molecule has 3 amide bonds. The molecule has 0 saturated carbocycles. The topological polar surface area (TPSA) is 135 Å². The Bertz CT molecular complexity index is 1590. The molecule has 55 heavy (non-hydrogen) atoms. The number of rotatable bonds is 11. The van der Waals surface area contributed by atoms with E-state index in [1.165, 1.54) is 4.90 Å². The quantitative estimate of drug-likeness (QED) is 0.241. The number of halogens is 3. The lowest BCUT2D eigenvalue weighted by atomic mass is 9.89. The van der Waals surface area contributed by atoms with E-state index in [2.05, 4.69) is 23.5 Å². The highest BCUT2D eigenvalue weighted by molar-refractivity contribution is 6.34. The Morgan fingerprint density at radius 2 is 1.16 bits per heavy atom. The molecule has 2 heterocycles. The number of nitrogens with zero attached hydrogens (tertiary/aromatic N) is 4. The van der Waals surface area contributed by atoms with Gasteiger partial charge in [-0.15, -0.1) is 0 Å². The first-order valence-electron chi connectivity index (χ1n) is 18.7. The lowest BCUT2D eigenvalue weighted by Crippen LogP contribution is -2.46. The van der Waals surface area contributed by atoms with Gasteiger partial charge in [0.05, 0.1) is 12.1 Å². The summed E-state index contributed by atoms with van der Waals surface area (Å²) in [5.74, 6) is -2.15. The summed E-state index contributed by atoms with van der Waals surface area (Å²) in [4.78, 5) is 55.2. The molecule has 15 heteroatoms. The van der Waals surface area contributed by atoms with Crippen molar-refractivity contribution < 1.29 is 46.6 Å². The van der Waals surface area contributed by atoms with E-state index in [-0.39, 0.29) is 24.5 Å². The highest BCUT2D eigenvalue weighted by Crippen LogP contribution is 2.36. The van der Waals surface area contributed by atoms with E-state index < -0.39 is 42.5 Å². The number of nitrogens with two attached hydrogens (primary N) is 1. The fourth-order valence-corrected chi connectivity index (χ4v) is 6.27. The van der Waals surface area contributed by atoms with Crippen LogP contribution in [-0.4, -0.2) is 123 Å². The van der Waals surface area contributed by atoms with Crippen molar-refractivity contribution in [1.29, 1.82) is 0 Å². The van der Waals surface area contributed by atoms with Gasteiger partial charge in [0, 0.05) is 25.2 Å². The minimum atomic E-state index is -4.68. The van der Waals surface area contributed by atoms with Crippen LogP contribution in [0.4, 0.5) is 13.2 Å². The SMILES string of the molecule is C[C@H]1CC[C@H](c2cccc(OC[C@@H](C)N(C)C)c2)N(C(=O)C(=O)OCC(F)(F)F)C1.C[C@H]1CC[C@H](c2cccc(OC[C@@H](C)N(C)C)c2)N(C(=O)C(N)=O)C1. The Balaban J connectivity index is 0.000000300. The molecule has 2 aromatic rings. The van der Waals surface area contributed by atoms with Gasteiger partial charge >= 0.3 is 29.9 Å². The molecule has 0 spiro atoms. The third-order valence-electron chi connectivity index (χ3n) is 10.1. The molecule has 0 unspecified atom stereocenters. The number of benzene rings is 2. The van der Waals surface area contributed by atoms with Gasteiger partial charge in [0.1, 0.15) is 24.7 Å². The molecule has 2 aromatic carbocycles. The van der Waals surface area contributed by atoms with Crippen molar-refractivity contribution in [2.24, 2.45) is 17.6 Å². The Morgan fingerprint density at radius 1 is 0.745 bits per heavy atom. The van der Waals surface area contributed by atoms with E-state index in [0.717, 1.165) is 36.1 Å². The van der Waals surface area contributed by atoms with Crippen LogP contribution in [0.3, 0.4) is 0 Å². The van der Waals surface area contributed by atoms with Crippen LogP contribution in [0.25, 0.3) is 0 Å². The average Bonchev–Trinajstić information content (AvgIpc) is 3.14. The second-order valence-electron chi connectivity index (χ2n) is 15.3. The van der Waals surface area contributed by atoms with E-state index in [1.54, 1.807) is 17.0 Å². The smallest absolute Gasteiger partial charge is 0.422 e. The number of hydrogen-bond acceptors (Lipinski definition) is 9. The van der Waals surface area contributed by atoms with Crippen molar-refractivity contribution in [2.75, 3.05) is 61.1 Å². The highest BCUT2D eigenvalue weighted by Gasteiger charge is 2.38. The third-order valence-corrected chi connectivity index (χ3v) is 10.1. The molecule has 2 aliphatic heterocycles. The Kier molecular flexibility index (Phi) is 16.8. The monoisotopic (exact) mass is 777 g/mol. The van der Waals surface area contributed by atoms with Crippen LogP contribution < -0.4 is 15.2 Å². The number of alkyl halides is 3. The number of hydrogen-bond donors (Lipinski definition) is 1. The largest absolute Gasteiger partial charge is 0.492 e. The van der Waals surface area contributed by atoms with E-state index >= 15 is 0 Å². The first-order valence-corrected chi connectivity index (χ1v) is 18.7. The predicted molar refractivity (Wildman–Crippen MR) is 202 cm³/mol. The summed E-state index contributed by atoms with van der Waals surface area (Å²) in [7, 11) is 7.94. The number of likely N-dealkylation sites (N-methyl/N-ethyl adjacent to an activating group) is 2. The maximum absolute atomic E-state index is 12.6. The molecule has 0 radical (unpaired) electrons. The van der Waals surface area contributed by atoms with Gasteiger partial charge in [0.15, 0.2) is 6.61 Å². The van der Waals surface area contributed by atoms with Crippen molar-refractivity contribution in [2.45, 2.75) is 83.7 Å². The van der Waals surface area contributed by atoms with Crippen molar-refractivity contribution >= 4 is 23.7 Å². The normalized spacial score (nSPS) is 21.3. The fourth-order valence-electron chi connectivity index (χ4n) is 6.27. The van der Waals surface area contributed by atoms with Gasteiger partial charge in [0.2, 0.25) is 0 Å². The van der Waals surface area contributed by atoms with Crippen molar-refractivity contribution in [3.05, 3.63) is 59.7 Å². The number of ether oxygens (including phenoxy) is 3. The number of esters is 1. The lowest BCUT2D eigenvalue weighted by molar-refractivity contribution is -0.190. The summed E-state index contributed by atoms with van der Waals surface area (Å²) < 4.78 is 52.9. The van der Waals surface area contributed by atoms with Gasteiger partial charge in [0.25, 0.3) is 0 Å². The molecule has 0 aliphatic carbocycles. The fraction of sp³-hybridized carbons (Fsp3) is 0.600. The standard InChI is InChI=1S/C21H29F3N2O4.C19H29N3O3/c1-14-8-9-18(26(11-14)19(27)20(28)30-13-21(22,23)24)16-6-5-7-17(10-16)29-12-15(2)25(3)4;1-13-8-9-17(22(11-13)19(24)18(20)23)15-6-5-7-16(10-15)25-12-14(2)21(3)4/h5-7,10,14-15,18H,8-9,11-13H2,1-4H3;5-7,10,13-14,17H,8-9,11-12H2,1-4H3,(H2,20,23)/t14-,15+,18+;13-,14+,17+/m00/s1. The first-order chi connectivity index (χ1) is 25.8. The van der Waals surface area contributed by atoms with E-state index in [4.69, 9.17) is 15.2 Å².